The highest BCUT2D eigenvalue weighted by atomic mass is 79.9. The van der Waals surface area contributed by atoms with E-state index in [1.807, 2.05) is 6.07 Å². The fourth-order valence-corrected chi connectivity index (χ4v) is 3.51. The fraction of sp³-hybridized carbons (Fsp3) is 0.467. The third-order valence-electron chi connectivity index (χ3n) is 4.34. The summed E-state index contributed by atoms with van der Waals surface area (Å²) < 4.78 is 0.902. The Morgan fingerprint density at radius 1 is 1.53 bits per heavy atom. The molecule has 0 saturated heterocycles. The first-order chi connectivity index (χ1) is 8.99. The number of carbonyl (C=O) groups excluding carboxylic acids is 1. The number of H-pyrrole nitrogens is 1. The summed E-state index contributed by atoms with van der Waals surface area (Å²) in [5.41, 5.74) is 1.67. The van der Waals surface area contributed by atoms with Crippen molar-refractivity contribution in [2.75, 3.05) is 0 Å². The highest BCUT2D eigenvalue weighted by Crippen LogP contribution is 2.44. The first-order valence-corrected chi connectivity index (χ1v) is 7.45. The molecule has 0 bridgehead atoms. The molecule has 1 unspecified atom stereocenters. The minimum absolute atomic E-state index is 0.111. The lowest BCUT2D eigenvalue weighted by Crippen LogP contribution is -2.25. The van der Waals surface area contributed by atoms with Crippen molar-refractivity contribution in [2.45, 2.75) is 33.1 Å². The van der Waals surface area contributed by atoms with E-state index in [0.717, 1.165) is 40.3 Å². The molecule has 4 heteroatoms. The molecule has 1 aliphatic rings. The van der Waals surface area contributed by atoms with Gasteiger partial charge in [-0.2, -0.15) is 0 Å². The maximum atomic E-state index is 12.8. The maximum absolute atomic E-state index is 12.8. The molecule has 2 heterocycles. The van der Waals surface area contributed by atoms with Crippen molar-refractivity contribution in [3.05, 3.63) is 28.5 Å². The molecule has 2 aromatic heterocycles. The van der Waals surface area contributed by atoms with Gasteiger partial charge in [0, 0.05) is 33.7 Å². The molecule has 2 aromatic rings. The normalized spacial score (nSPS) is 21.9. The summed E-state index contributed by atoms with van der Waals surface area (Å²) in [6, 6.07) is 1.97. The summed E-state index contributed by atoms with van der Waals surface area (Å²) in [6.45, 7) is 4.40. The van der Waals surface area contributed by atoms with Crippen LogP contribution in [0.25, 0.3) is 11.0 Å². The summed E-state index contributed by atoms with van der Waals surface area (Å²) in [6.07, 6.45) is 6.83. The highest BCUT2D eigenvalue weighted by molar-refractivity contribution is 9.10. The van der Waals surface area contributed by atoms with Crippen LogP contribution in [0.4, 0.5) is 0 Å². The lowest BCUT2D eigenvalue weighted by Gasteiger charge is -2.25. The fourth-order valence-electron chi connectivity index (χ4n) is 3.18. The third-order valence-corrected chi connectivity index (χ3v) is 4.77. The predicted molar refractivity (Wildman–Crippen MR) is 79.2 cm³/mol. The van der Waals surface area contributed by atoms with E-state index in [2.05, 4.69) is 39.7 Å². The topological polar surface area (TPSA) is 45.8 Å². The number of pyridine rings is 1. The Hall–Kier alpha value is -1.16. The van der Waals surface area contributed by atoms with Crippen molar-refractivity contribution < 1.29 is 4.79 Å². The van der Waals surface area contributed by atoms with Crippen LogP contribution in [0.2, 0.25) is 0 Å². The van der Waals surface area contributed by atoms with E-state index in [1.165, 1.54) is 0 Å². The minimum Gasteiger partial charge on any atom is -0.345 e. The Morgan fingerprint density at radius 2 is 2.32 bits per heavy atom. The van der Waals surface area contributed by atoms with E-state index in [0.29, 0.717) is 0 Å². The van der Waals surface area contributed by atoms with Gasteiger partial charge < -0.3 is 4.98 Å². The first-order valence-electron chi connectivity index (χ1n) is 6.66. The predicted octanol–water partition coefficient (Wildman–Crippen LogP) is 4.33. The van der Waals surface area contributed by atoms with Gasteiger partial charge in [-0.1, -0.05) is 20.3 Å². The van der Waals surface area contributed by atoms with Gasteiger partial charge in [0.25, 0.3) is 0 Å². The number of ketones is 1. The number of aromatic amines is 1. The van der Waals surface area contributed by atoms with Gasteiger partial charge in [-0.15, -0.1) is 0 Å². The van der Waals surface area contributed by atoms with Crippen LogP contribution >= 0.6 is 15.9 Å². The lowest BCUT2D eigenvalue weighted by molar-refractivity contribution is 0.0841. The Bertz CT molecular complexity index is 645. The molecule has 1 atom stereocenters. The van der Waals surface area contributed by atoms with E-state index in [1.54, 1.807) is 12.4 Å². The number of nitrogens with one attached hydrogen (secondary N) is 1. The second kappa shape index (κ2) is 4.44. The number of halogens is 1. The molecule has 19 heavy (non-hydrogen) atoms. The molecule has 1 saturated carbocycles. The Balaban J connectivity index is 2.05. The second-order valence-corrected chi connectivity index (χ2v) is 6.97. The molecule has 0 spiro atoms. The van der Waals surface area contributed by atoms with Crippen molar-refractivity contribution in [3.8, 4) is 0 Å². The number of fused-ring (bicyclic) bond motifs is 1. The van der Waals surface area contributed by atoms with Crippen molar-refractivity contribution in [3.63, 3.8) is 0 Å². The number of aromatic nitrogens is 2. The van der Waals surface area contributed by atoms with Gasteiger partial charge in [0.15, 0.2) is 5.78 Å². The smallest absolute Gasteiger partial charge is 0.168 e. The SMILES string of the molecule is CC1(C)CCCC1C(=O)c1c[nH]c2ncc(Br)cc12. The van der Waals surface area contributed by atoms with Gasteiger partial charge in [-0.05, 0) is 40.3 Å². The van der Waals surface area contributed by atoms with E-state index < -0.39 is 0 Å². The van der Waals surface area contributed by atoms with Crippen LogP contribution in [0, 0.1) is 11.3 Å². The molecule has 1 aliphatic carbocycles. The van der Waals surface area contributed by atoms with Gasteiger partial charge in [-0.25, -0.2) is 4.98 Å². The van der Waals surface area contributed by atoms with Crippen LogP contribution < -0.4 is 0 Å². The average molecular weight is 321 g/mol. The summed E-state index contributed by atoms with van der Waals surface area (Å²) in [5, 5.41) is 0.919. The molecule has 3 rings (SSSR count). The minimum atomic E-state index is 0.111. The van der Waals surface area contributed by atoms with E-state index in [9.17, 15) is 4.79 Å². The zero-order valence-corrected chi connectivity index (χ0v) is 12.8. The number of hydrogen-bond donors (Lipinski definition) is 1. The zero-order chi connectivity index (χ0) is 13.6. The molecule has 0 aliphatic heterocycles. The largest absolute Gasteiger partial charge is 0.345 e. The van der Waals surface area contributed by atoms with Crippen molar-refractivity contribution in [1.82, 2.24) is 9.97 Å². The number of rotatable bonds is 2. The third kappa shape index (κ3) is 2.12. The van der Waals surface area contributed by atoms with Crippen molar-refractivity contribution in [1.29, 1.82) is 0 Å². The van der Waals surface area contributed by atoms with Crippen LogP contribution in [0.3, 0.4) is 0 Å². The van der Waals surface area contributed by atoms with Crippen LogP contribution in [0.5, 0.6) is 0 Å². The van der Waals surface area contributed by atoms with Gasteiger partial charge >= 0.3 is 0 Å². The van der Waals surface area contributed by atoms with Gasteiger partial charge in [-0.3, -0.25) is 4.79 Å². The van der Waals surface area contributed by atoms with Crippen LogP contribution in [0.1, 0.15) is 43.5 Å². The van der Waals surface area contributed by atoms with Crippen LogP contribution in [-0.2, 0) is 0 Å². The van der Waals surface area contributed by atoms with Crippen LogP contribution in [-0.4, -0.2) is 15.8 Å². The Morgan fingerprint density at radius 3 is 3.00 bits per heavy atom. The summed E-state index contributed by atoms with van der Waals surface area (Å²) in [7, 11) is 0. The number of nitrogens with zero attached hydrogens (tertiary/aromatic N) is 1. The number of hydrogen-bond acceptors (Lipinski definition) is 2. The molecule has 1 N–H and O–H groups in total. The second-order valence-electron chi connectivity index (χ2n) is 6.05. The molecule has 3 nitrogen and oxygen atoms in total. The number of carbonyl (C=O) groups is 1. The van der Waals surface area contributed by atoms with Gasteiger partial charge in [0.05, 0.1) is 0 Å². The van der Waals surface area contributed by atoms with Crippen molar-refractivity contribution in [2.24, 2.45) is 11.3 Å². The summed E-state index contributed by atoms with van der Waals surface area (Å²) in [5.74, 6) is 0.388. The quantitative estimate of drug-likeness (QED) is 0.837. The van der Waals surface area contributed by atoms with E-state index in [4.69, 9.17) is 0 Å². The van der Waals surface area contributed by atoms with Crippen LogP contribution in [0.15, 0.2) is 22.9 Å². The van der Waals surface area contributed by atoms with Crippen molar-refractivity contribution >= 4 is 32.7 Å². The Kier molecular flexibility index (Phi) is 3.01. The standard InChI is InChI=1S/C15H17BrN2O/c1-15(2)5-3-4-12(15)13(19)11-8-18-14-10(11)6-9(16)7-17-14/h6-8,12H,3-5H2,1-2H3,(H,17,18). The van der Waals surface area contributed by atoms with Gasteiger partial charge in [0.1, 0.15) is 5.65 Å². The molecule has 100 valence electrons. The summed E-state index contributed by atoms with van der Waals surface area (Å²) >= 11 is 3.42. The highest BCUT2D eigenvalue weighted by Gasteiger charge is 2.40. The molecule has 0 amide bonds. The lowest BCUT2D eigenvalue weighted by atomic mass is 9.78. The molecular weight excluding hydrogens is 304 g/mol. The Labute approximate surface area is 120 Å². The first kappa shape index (κ1) is 12.9. The molecule has 0 radical (unpaired) electrons. The maximum Gasteiger partial charge on any atom is 0.168 e. The monoisotopic (exact) mass is 320 g/mol. The average Bonchev–Trinajstić information content (AvgIpc) is 2.91. The summed E-state index contributed by atoms with van der Waals surface area (Å²) in [4.78, 5) is 20.2. The zero-order valence-electron chi connectivity index (χ0n) is 11.2. The van der Waals surface area contributed by atoms with E-state index in [-0.39, 0.29) is 17.1 Å². The molecular formula is C15H17BrN2O. The van der Waals surface area contributed by atoms with Gasteiger partial charge in [0.2, 0.25) is 0 Å². The molecule has 1 fully saturated rings. The number of Topliss-reactive ketones (excluding diaryl/α,β-unsaturated/α-hetero) is 1. The van der Waals surface area contributed by atoms with E-state index >= 15 is 0 Å². The molecule has 0 aromatic carbocycles.